The summed E-state index contributed by atoms with van der Waals surface area (Å²) in [6.45, 7) is 3.34. The zero-order valence-electron chi connectivity index (χ0n) is 10.2. The van der Waals surface area contributed by atoms with Gasteiger partial charge in [0.2, 0.25) is 0 Å². The van der Waals surface area contributed by atoms with Gasteiger partial charge in [0, 0.05) is 15.8 Å². The molecule has 1 aromatic carbocycles. The van der Waals surface area contributed by atoms with E-state index in [0.717, 1.165) is 21.3 Å². The minimum Gasteiger partial charge on any atom is -0.331 e. The van der Waals surface area contributed by atoms with E-state index in [4.69, 9.17) is 12.2 Å². The normalized spacial score (nSPS) is 23.9. The average molecular weight is 343 g/mol. The number of rotatable bonds is 2. The maximum absolute atomic E-state index is 5.46. The Labute approximate surface area is 124 Å². The van der Waals surface area contributed by atoms with Crippen molar-refractivity contribution in [3.8, 4) is 0 Å². The highest BCUT2D eigenvalue weighted by atomic mass is 79.9. The third-order valence-corrected chi connectivity index (χ3v) is 5.87. The Hall–Kier alpha value is -0.260. The molecule has 0 aliphatic carbocycles. The largest absolute Gasteiger partial charge is 0.331 e. The number of nitrogens with one attached hydrogen (secondary N) is 1. The fourth-order valence-corrected chi connectivity index (χ4v) is 4.49. The Balaban J connectivity index is 2.08. The molecule has 1 aliphatic heterocycles. The lowest BCUT2D eigenvalue weighted by molar-refractivity contribution is 0.515. The summed E-state index contributed by atoms with van der Waals surface area (Å²) in [5.74, 6) is 1.27. The van der Waals surface area contributed by atoms with Gasteiger partial charge in [0.15, 0.2) is 4.77 Å². The second-order valence-electron chi connectivity index (χ2n) is 5.08. The Morgan fingerprint density at radius 1 is 1.56 bits per heavy atom. The van der Waals surface area contributed by atoms with Gasteiger partial charge in [-0.25, -0.2) is 0 Å². The first kappa shape index (κ1) is 12.8. The number of nitrogens with zero attached hydrogens (tertiary/aromatic N) is 1. The fraction of sp³-hybridized carbons (Fsp3) is 0.462. The highest BCUT2D eigenvalue weighted by molar-refractivity contribution is 9.10. The number of imidazole rings is 1. The molecule has 0 radical (unpaired) electrons. The summed E-state index contributed by atoms with van der Waals surface area (Å²) in [6.07, 6.45) is 2.60. The Morgan fingerprint density at radius 2 is 2.39 bits per heavy atom. The quantitative estimate of drug-likeness (QED) is 0.795. The van der Waals surface area contributed by atoms with Crippen LogP contribution in [0.5, 0.6) is 0 Å². The molecule has 0 amide bonds. The molecule has 1 atom stereocenters. The number of halogens is 1. The van der Waals surface area contributed by atoms with Crippen molar-refractivity contribution in [2.24, 2.45) is 0 Å². The number of hydrogen-bond donors (Lipinski definition) is 1. The highest BCUT2D eigenvalue weighted by Crippen LogP contribution is 2.39. The van der Waals surface area contributed by atoms with E-state index in [2.05, 4.69) is 56.3 Å². The van der Waals surface area contributed by atoms with E-state index in [1.807, 2.05) is 6.07 Å². The summed E-state index contributed by atoms with van der Waals surface area (Å²) in [5, 5.41) is 0. The minimum absolute atomic E-state index is 0.329. The molecular formula is C13H15BrN2S2. The van der Waals surface area contributed by atoms with Gasteiger partial charge in [-0.1, -0.05) is 15.9 Å². The molecule has 2 nitrogen and oxygen atoms in total. The van der Waals surface area contributed by atoms with E-state index in [9.17, 15) is 0 Å². The first-order chi connectivity index (χ1) is 8.57. The van der Waals surface area contributed by atoms with Crippen molar-refractivity contribution in [3.05, 3.63) is 27.4 Å². The van der Waals surface area contributed by atoms with E-state index >= 15 is 0 Å². The van der Waals surface area contributed by atoms with Crippen molar-refractivity contribution < 1.29 is 0 Å². The topological polar surface area (TPSA) is 20.7 Å². The molecule has 1 saturated heterocycles. The van der Waals surface area contributed by atoms with Crippen LogP contribution in [-0.4, -0.2) is 20.1 Å². The average Bonchev–Trinajstić information content (AvgIpc) is 2.86. The molecule has 1 N–H and O–H groups in total. The van der Waals surface area contributed by atoms with Crippen molar-refractivity contribution in [1.29, 1.82) is 0 Å². The van der Waals surface area contributed by atoms with Crippen LogP contribution in [0.25, 0.3) is 11.0 Å². The Kier molecular flexibility index (Phi) is 3.32. The van der Waals surface area contributed by atoms with E-state index in [1.165, 1.54) is 24.1 Å². The Bertz CT molecular complexity index is 638. The monoisotopic (exact) mass is 342 g/mol. The summed E-state index contributed by atoms with van der Waals surface area (Å²) < 4.78 is 4.50. The first-order valence-corrected chi connectivity index (χ1v) is 8.28. The van der Waals surface area contributed by atoms with Crippen LogP contribution in [0.3, 0.4) is 0 Å². The van der Waals surface area contributed by atoms with E-state index in [-0.39, 0.29) is 0 Å². The molecule has 0 bridgehead atoms. The molecule has 1 aliphatic rings. The van der Waals surface area contributed by atoms with Gasteiger partial charge >= 0.3 is 0 Å². The van der Waals surface area contributed by atoms with Crippen molar-refractivity contribution in [1.82, 2.24) is 9.55 Å². The van der Waals surface area contributed by atoms with Gasteiger partial charge in [-0.3, -0.25) is 0 Å². The van der Waals surface area contributed by atoms with Crippen LogP contribution in [0.1, 0.15) is 19.8 Å². The van der Waals surface area contributed by atoms with Crippen LogP contribution in [-0.2, 0) is 6.54 Å². The van der Waals surface area contributed by atoms with Crippen LogP contribution in [0.2, 0.25) is 0 Å². The molecule has 2 aromatic rings. The van der Waals surface area contributed by atoms with E-state index in [1.54, 1.807) is 0 Å². The van der Waals surface area contributed by atoms with Crippen LogP contribution in [0, 0.1) is 4.77 Å². The molecule has 0 saturated carbocycles. The number of thioether (sulfide) groups is 1. The second kappa shape index (κ2) is 4.69. The van der Waals surface area contributed by atoms with E-state index < -0.39 is 0 Å². The van der Waals surface area contributed by atoms with Gasteiger partial charge in [0.25, 0.3) is 0 Å². The maximum Gasteiger partial charge on any atom is 0.178 e. The third kappa shape index (κ3) is 2.28. The van der Waals surface area contributed by atoms with Gasteiger partial charge in [-0.05, 0) is 55.9 Å². The number of hydrogen-bond acceptors (Lipinski definition) is 2. The summed E-state index contributed by atoms with van der Waals surface area (Å²) in [4.78, 5) is 3.29. The fourth-order valence-electron chi connectivity index (χ4n) is 2.58. The lowest BCUT2D eigenvalue weighted by atomic mass is 10.1. The van der Waals surface area contributed by atoms with Crippen LogP contribution >= 0.6 is 39.9 Å². The molecule has 96 valence electrons. The SMILES string of the molecule is CC1(Cn2c(=S)[nH]c3ccc(Br)cc32)CCCS1. The maximum atomic E-state index is 5.46. The second-order valence-corrected chi connectivity index (χ2v) is 8.06. The standard InChI is InChI=1S/C13H15BrN2S2/c1-13(5-2-6-18-13)8-16-11-7-9(14)3-4-10(11)15-12(16)17/h3-4,7H,2,5-6,8H2,1H3,(H,15,17). The number of benzene rings is 1. The molecule has 18 heavy (non-hydrogen) atoms. The van der Waals surface area contributed by atoms with E-state index in [0.29, 0.717) is 4.75 Å². The van der Waals surface area contributed by atoms with Gasteiger partial charge in [-0.15, -0.1) is 0 Å². The molecule has 1 unspecified atom stereocenters. The van der Waals surface area contributed by atoms with Crippen molar-refractivity contribution in [3.63, 3.8) is 0 Å². The lowest BCUT2D eigenvalue weighted by Gasteiger charge is -2.23. The third-order valence-electron chi connectivity index (χ3n) is 3.53. The molecule has 1 aromatic heterocycles. The lowest BCUT2D eigenvalue weighted by Crippen LogP contribution is -2.23. The molecule has 3 rings (SSSR count). The summed E-state index contributed by atoms with van der Waals surface area (Å²) >= 11 is 11.1. The van der Waals surface area contributed by atoms with Gasteiger partial charge in [-0.2, -0.15) is 11.8 Å². The number of fused-ring (bicyclic) bond motifs is 1. The smallest absolute Gasteiger partial charge is 0.178 e. The predicted octanol–water partition coefficient (Wildman–Crippen LogP) is 4.75. The number of aromatic nitrogens is 2. The number of H-pyrrole nitrogens is 1. The van der Waals surface area contributed by atoms with Gasteiger partial charge < -0.3 is 9.55 Å². The summed E-state index contributed by atoms with van der Waals surface area (Å²) in [7, 11) is 0. The zero-order chi connectivity index (χ0) is 12.8. The molecule has 1 fully saturated rings. The van der Waals surface area contributed by atoms with Gasteiger partial charge in [0.1, 0.15) is 0 Å². The van der Waals surface area contributed by atoms with Crippen LogP contribution in [0.4, 0.5) is 0 Å². The van der Waals surface area contributed by atoms with Crippen molar-refractivity contribution in [2.45, 2.75) is 31.1 Å². The predicted molar refractivity (Wildman–Crippen MR) is 84.9 cm³/mol. The van der Waals surface area contributed by atoms with Crippen molar-refractivity contribution in [2.75, 3.05) is 5.75 Å². The molecule has 5 heteroatoms. The minimum atomic E-state index is 0.329. The highest BCUT2D eigenvalue weighted by Gasteiger charge is 2.30. The molecular weight excluding hydrogens is 328 g/mol. The first-order valence-electron chi connectivity index (χ1n) is 6.09. The zero-order valence-corrected chi connectivity index (χ0v) is 13.4. The van der Waals surface area contributed by atoms with Crippen LogP contribution in [0.15, 0.2) is 22.7 Å². The van der Waals surface area contributed by atoms with Crippen molar-refractivity contribution >= 4 is 50.9 Å². The van der Waals surface area contributed by atoms with Gasteiger partial charge in [0.05, 0.1) is 11.0 Å². The Morgan fingerprint density at radius 3 is 3.11 bits per heavy atom. The molecule has 2 heterocycles. The molecule has 0 spiro atoms. The number of aromatic amines is 1. The summed E-state index contributed by atoms with van der Waals surface area (Å²) in [5.41, 5.74) is 2.32. The summed E-state index contributed by atoms with van der Waals surface area (Å²) in [6, 6.07) is 6.27. The van der Waals surface area contributed by atoms with Crippen LogP contribution < -0.4 is 0 Å².